The second kappa shape index (κ2) is 2.93. The number of hydrogen-bond acceptors (Lipinski definition) is 4. The summed E-state index contributed by atoms with van der Waals surface area (Å²) in [6.45, 7) is 0. The summed E-state index contributed by atoms with van der Waals surface area (Å²) in [6, 6.07) is 0. The van der Waals surface area contributed by atoms with Gasteiger partial charge < -0.3 is 4.55 Å². The monoisotopic (exact) mass is 173 g/mol. The van der Waals surface area contributed by atoms with Crippen LogP contribution in [0.4, 0.5) is 0 Å². The van der Waals surface area contributed by atoms with E-state index in [4.69, 9.17) is 4.55 Å². The van der Waals surface area contributed by atoms with Gasteiger partial charge in [-0.15, -0.1) is 0 Å². The lowest BCUT2D eigenvalue weighted by atomic mass is 10.7. The van der Waals surface area contributed by atoms with Crippen molar-refractivity contribution in [3.63, 3.8) is 0 Å². The molecule has 0 aliphatic carbocycles. The van der Waals surface area contributed by atoms with E-state index in [-0.39, 0.29) is 5.82 Å². The van der Waals surface area contributed by atoms with Crippen LogP contribution in [-0.4, -0.2) is 35.3 Å². The van der Waals surface area contributed by atoms with Crippen LogP contribution in [0.2, 0.25) is 0 Å². The van der Waals surface area contributed by atoms with Gasteiger partial charge in [0.25, 0.3) is 0 Å². The Morgan fingerprint density at radius 3 is 2.55 bits per heavy atom. The van der Waals surface area contributed by atoms with Gasteiger partial charge in [0.05, 0.1) is 15.2 Å². The minimum absolute atomic E-state index is 0.218. The Balaban J connectivity index is 3.08. The Labute approximate surface area is 64.4 Å². The van der Waals surface area contributed by atoms with Crippen LogP contribution in [0.25, 0.3) is 0 Å². The molecule has 1 aromatic rings. The molecule has 0 fully saturated rings. The molecule has 1 N–H and O–H groups in total. The summed E-state index contributed by atoms with van der Waals surface area (Å²) in [7, 11) is -2.90. The first-order valence-corrected chi connectivity index (χ1v) is 4.75. The molecule has 6 heteroatoms. The molecule has 1 atom stereocenters. The van der Waals surface area contributed by atoms with Gasteiger partial charge in [-0.3, -0.25) is 0 Å². The molecule has 0 saturated heterocycles. The van der Waals surface area contributed by atoms with Gasteiger partial charge in [0.2, 0.25) is 0 Å². The third-order valence-corrected chi connectivity index (χ3v) is 1.49. The Morgan fingerprint density at radius 1 is 1.55 bits per heavy atom. The zero-order valence-corrected chi connectivity index (χ0v) is 6.65. The lowest BCUT2D eigenvalue weighted by Gasteiger charge is -1.91. The third-order valence-electron chi connectivity index (χ3n) is 0.837. The summed E-state index contributed by atoms with van der Waals surface area (Å²) in [4.78, 5) is 10.9. The second-order valence-electron chi connectivity index (χ2n) is 1.98. The van der Waals surface area contributed by atoms with Gasteiger partial charge in [-0.1, -0.05) is 0 Å². The first-order chi connectivity index (χ1) is 5.08. The van der Waals surface area contributed by atoms with E-state index in [0.717, 1.165) is 5.37 Å². The minimum Gasteiger partial charge on any atom is -0.313 e. The van der Waals surface area contributed by atoms with E-state index in [0.29, 0.717) is 0 Å². The van der Waals surface area contributed by atoms with E-state index in [1.807, 2.05) is 0 Å². The SMILES string of the molecule is CS(=O)(O)=Cc1ncncn1. The van der Waals surface area contributed by atoms with E-state index in [9.17, 15) is 4.21 Å². The molecule has 0 aliphatic heterocycles. The van der Waals surface area contributed by atoms with Crippen LogP contribution in [0.3, 0.4) is 0 Å². The fourth-order valence-corrected chi connectivity index (χ4v) is 1.02. The van der Waals surface area contributed by atoms with Crippen LogP contribution in [0.5, 0.6) is 0 Å². The molecule has 0 amide bonds. The number of nitrogens with zero attached hydrogens (tertiary/aromatic N) is 3. The summed E-state index contributed by atoms with van der Waals surface area (Å²) in [5.74, 6) is 0.218. The second-order valence-corrected chi connectivity index (χ2v) is 3.93. The predicted molar refractivity (Wildman–Crippen MR) is 41.7 cm³/mol. The van der Waals surface area contributed by atoms with Crippen molar-refractivity contribution >= 4 is 15.2 Å². The molecule has 1 unspecified atom stereocenters. The van der Waals surface area contributed by atoms with Crippen molar-refractivity contribution < 1.29 is 8.76 Å². The van der Waals surface area contributed by atoms with Crippen LogP contribution in [0, 0.1) is 0 Å². The van der Waals surface area contributed by atoms with Crippen LogP contribution in [0.1, 0.15) is 5.82 Å². The van der Waals surface area contributed by atoms with Crippen molar-refractivity contribution in [2.24, 2.45) is 0 Å². The fourth-order valence-electron chi connectivity index (χ4n) is 0.505. The van der Waals surface area contributed by atoms with Crippen molar-refractivity contribution in [2.75, 3.05) is 6.26 Å². The smallest absolute Gasteiger partial charge is 0.165 e. The first kappa shape index (κ1) is 8.09. The van der Waals surface area contributed by atoms with Gasteiger partial charge in [-0.2, -0.15) is 0 Å². The highest BCUT2D eigenvalue weighted by Gasteiger charge is 1.93. The van der Waals surface area contributed by atoms with E-state index in [1.165, 1.54) is 18.9 Å². The molecule has 0 bridgehead atoms. The topological polar surface area (TPSA) is 76.0 Å². The van der Waals surface area contributed by atoms with Crippen molar-refractivity contribution in [3.05, 3.63) is 18.5 Å². The largest absolute Gasteiger partial charge is 0.313 e. The van der Waals surface area contributed by atoms with Crippen molar-refractivity contribution in [1.29, 1.82) is 0 Å². The lowest BCUT2D eigenvalue weighted by Crippen LogP contribution is -2.03. The standard InChI is InChI=1S/C5H7N3O2S/c1-11(9,10)2-5-7-3-6-4-8-5/h2-4H,1H3,(H,9,10). The summed E-state index contributed by atoms with van der Waals surface area (Å²) < 4.78 is 19.6. The van der Waals surface area contributed by atoms with Crippen LogP contribution >= 0.6 is 0 Å². The zero-order valence-electron chi connectivity index (χ0n) is 5.84. The average Bonchev–Trinajstić information content (AvgIpc) is 1.85. The van der Waals surface area contributed by atoms with Crippen molar-refractivity contribution in [2.45, 2.75) is 0 Å². The van der Waals surface area contributed by atoms with Gasteiger partial charge >= 0.3 is 0 Å². The molecular formula is C5H7N3O2S. The Hall–Kier alpha value is -1.01. The molecule has 60 valence electrons. The third kappa shape index (κ3) is 3.06. The molecule has 1 rings (SSSR count). The Bertz CT molecular complexity index is 334. The average molecular weight is 173 g/mol. The van der Waals surface area contributed by atoms with Gasteiger partial charge in [0, 0.05) is 6.26 Å². The van der Waals surface area contributed by atoms with Gasteiger partial charge in [-0.25, -0.2) is 19.2 Å². The summed E-state index contributed by atoms with van der Waals surface area (Å²) in [6.07, 6.45) is 3.73. The first-order valence-electron chi connectivity index (χ1n) is 2.76. The normalized spacial score (nSPS) is 15.5. The highest BCUT2D eigenvalue weighted by Crippen LogP contribution is 1.82. The Morgan fingerprint density at radius 2 is 2.09 bits per heavy atom. The van der Waals surface area contributed by atoms with E-state index in [1.54, 1.807) is 0 Å². The molecule has 0 aliphatic rings. The maximum Gasteiger partial charge on any atom is 0.165 e. The fraction of sp³-hybridized carbons (Fsp3) is 0.200. The molecule has 1 aromatic heterocycles. The minimum atomic E-state index is -2.90. The highest BCUT2D eigenvalue weighted by molar-refractivity contribution is 7.95. The molecule has 0 aromatic carbocycles. The summed E-state index contributed by atoms with van der Waals surface area (Å²) in [5.41, 5.74) is 0. The van der Waals surface area contributed by atoms with E-state index >= 15 is 0 Å². The van der Waals surface area contributed by atoms with Crippen LogP contribution < -0.4 is 0 Å². The lowest BCUT2D eigenvalue weighted by molar-refractivity contribution is 0.566. The molecular weight excluding hydrogens is 166 g/mol. The molecule has 0 spiro atoms. The van der Waals surface area contributed by atoms with Crippen LogP contribution in [0.15, 0.2) is 12.7 Å². The summed E-state index contributed by atoms with van der Waals surface area (Å²) in [5, 5.41) is 1.09. The quantitative estimate of drug-likeness (QED) is 0.574. The summed E-state index contributed by atoms with van der Waals surface area (Å²) >= 11 is 0. The molecule has 5 nitrogen and oxygen atoms in total. The molecule has 1 heterocycles. The van der Waals surface area contributed by atoms with Crippen molar-refractivity contribution in [1.82, 2.24) is 15.0 Å². The number of rotatable bonds is 1. The maximum atomic E-state index is 10.8. The maximum absolute atomic E-state index is 10.8. The van der Waals surface area contributed by atoms with Gasteiger partial charge in [0.1, 0.15) is 12.7 Å². The number of aromatic nitrogens is 3. The Kier molecular flexibility index (Phi) is 2.16. The molecule has 0 saturated carbocycles. The zero-order chi connectivity index (χ0) is 8.32. The van der Waals surface area contributed by atoms with E-state index < -0.39 is 9.80 Å². The molecule has 0 radical (unpaired) electrons. The highest BCUT2D eigenvalue weighted by atomic mass is 32.2. The predicted octanol–water partition coefficient (Wildman–Crippen LogP) is -0.591. The molecule has 11 heavy (non-hydrogen) atoms. The van der Waals surface area contributed by atoms with Gasteiger partial charge in [0.15, 0.2) is 5.82 Å². The van der Waals surface area contributed by atoms with Gasteiger partial charge in [-0.05, 0) is 0 Å². The number of hydrogen-bond donors (Lipinski definition) is 1. The van der Waals surface area contributed by atoms with E-state index in [2.05, 4.69) is 15.0 Å². The van der Waals surface area contributed by atoms with Crippen molar-refractivity contribution in [3.8, 4) is 0 Å². The van der Waals surface area contributed by atoms with Crippen LogP contribution in [-0.2, 0) is 9.80 Å².